The number of hydrogen-bond acceptors (Lipinski definition) is 12. The van der Waals surface area contributed by atoms with Crippen LogP contribution in [-0.4, -0.2) is 45.7 Å². The molecule has 0 aliphatic heterocycles. The smallest absolute Gasteiger partial charge is 0.338 e. The van der Waals surface area contributed by atoms with Crippen LogP contribution >= 0.6 is 0 Å². The van der Waals surface area contributed by atoms with Crippen LogP contribution in [0.2, 0.25) is 0 Å². The third kappa shape index (κ3) is 15.2. The molecule has 0 aromatic heterocycles. The van der Waals surface area contributed by atoms with Crippen molar-refractivity contribution >= 4 is 40.6 Å². The molecule has 0 saturated carbocycles. The van der Waals surface area contributed by atoms with Gasteiger partial charge in [-0.25, -0.2) is 4.79 Å². The zero-order valence-corrected chi connectivity index (χ0v) is 34.6. The van der Waals surface area contributed by atoms with E-state index in [-0.39, 0.29) is 5.97 Å². The summed E-state index contributed by atoms with van der Waals surface area (Å²) in [6, 6.07) is 46.2. The molecule has 6 aromatic rings. The summed E-state index contributed by atoms with van der Waals surface area (Å²) in [4.78, 5) is 17.1. The van der Waals surface area contributed by atoms with Crippen molar-refractivity contribution in [2.45, 2.75) is 38.5 Å². The molecule has 62 heavy (non-hydrogen) atoms. The minimum Gasteiger partial charge on any atom is -0.497 e. The van der Waals surface area contributed by atoms with E-state index < -0.39 is 0 Å². The maximum absolute atomic E-state index is 12.6. The van der Waals surface area contributed by atoms with Crippen LogP contribution in [0.3, 0.4) is 0 Å². The first-order valence-corrected chi connectivity index (χ1v) is 20.5. The van der Waals surface area contributed by atoms with Gasteiger partial charge >= 0.3 is 5.97 Å². The van der Waals surface area contributed by atoms with Crippen LogP contribution in [0.1, 0.15) is 60.0 Å². The topological polar surface area (TPSA) is 149 Å². The lowest BCUT2D eigenvalue weighted by atomic mass is 10.2. The maximum Gasteiger partial charge on any atom is 0.338 e. The molecule has 0 aliphatic carbocycles. The van der Waals surface area contributed by atoms with Gasteiger partial charge in [0.1, 0.15) is 23.0 Å². The van der Waals surface area contributed by atoms with Gasteiger partial charge < -0.3 is 23.7 Å². The van der Waals surface area contributed by atoms with Crippen LogP contribution in [0.4, 0.5) is 28.4 Å². The van der Waals surface area contributed by atoms with E-state index in [1.165, 1.54) is 0 Å². The quantitative estimate of drug-likeness (QED) is 0.0270. The Balaban J connectivity index is 0.781. The first-order chi connectivity index (χ1) is 30.5. The van der Waals surface area contributed by atoms with Crippen LogP contribution in [0, 0.1) is 11.3 Å². The van der Waals surface area contributed by atoms with Gasteiger partial charge in [0.15, 0.2) is 0 Å². The summed E-state index contributed by atoms with van der Waals surface area (Å²) in [6.45, 7) is 2.13. The highest BCUT2D eigenvalue weighted by Crippen LogP contribution is 2.25. The Morgan fingerprint density at radius 2 is 0.871 bits per heavy atom. The molecule has 0 radical (unpaired) electrons. The van der Waals surface area contributed by atoms with E-state index in [4.69, 9.17) is 28.9 Å². The van der Waals surface area contributed by atoms with Crippen molar-refractivity contribution in [3.63, 3.8) is 0 Å². The van der Waals surface area contributed by atoms with Crippen LogP contribution in [0.15, 0.2) is 171 Å². The largest absolute Gasteiger partial charge is 0.497 e. The van der Waals surface area contributed by atoms with Crippen LogP contribution in [0.25, 0.3) is 0 Å². The molecule has 0 N–H and O–H groups in total. The Bertz CT molecular complexity index is 2390. The van der Waals surface area contributed by atoms with Crippen LogP contribution in [-0.2, 0) is 4.74 Å². The fourth-order valence-corrected chi connectivity index (χ4v) is 5.76. The number of nitriles is 1. The van der Waals surface area contributed by atoms with Crippen molar-refractivity contribution in [2.24, 2.45) is 25.4 Å². The van der Waals surface area contributed by atoms with E-state index in [0.29, 0.717) is 48.9 Å². The van der Waals surface area contributed by atoms with Crippen LogP contribution < -0.4 is 18.9 Å². The van der Waals surface area contributed by atoms with Gasteiger partial charge in [0.2, 0.25) is 0 Å². The molecule has 0 heterocycles. The average molecular weight is 829 g/mol. The van der Waals surface area contributed by atoms with Crippen molar-refractivity contribution < 1.29 is 28.5 Å². The first-order valence-electron chi connectivity index (χ1n) is 20.5. The lowest BCUT2D eigenvalue weighted by molar-refractivity contribution is 0.0497. The van der Waals surface area contributed by atoms with Gasteiger partial charge in [-0.15, -0.1) is 0 Å². The summed E-state index contributed by atoms with van der Waals surface area (Å²) >= 11 is 0. The summed E-state index contributed by atoms with van der Waals surface area (Å²) in [6.07, 6.45) is 7.08. The molecule has 0 atom stereocenters. The highest BCUT2D eigenvalue weighted by atomic mass is 16.5. The second kappa shape index (κ2) is 24.4. The van der Waals surface area contributed by atoms with Crippen LogP contribution in [0.5, 0.6) is 23.0 Å². The van der Waals surface area contributed by atoms with Crippen molar-refractivity contribution in [3.05, 3.63) is 162 Å². The van der Waals surface area contributed by atoms with E-state index in [0.717, 1.165) is 84.1 Å². The Morgan fingerprint density at radius 1 is 0.484 bits per heavy atom. The van der Waals surface area contributed by atoms with Gasteiger partial charge in [0, 0.05) is 6.21 Å². The van der Waals surface area contributed by atoms with Gasteiger partial charge in [-0.1, -0.05) is 0 Å². The van der Waals surface area contributed by atoms with E-state index in [1.807, 2.05) is 97.1 Å². The Morgan fingerprint density at radius 3 is 1.32 bits per heavy atom. The second-order valence-corrected chi connectivity index (χ2v) is 13.9. The average Bonchev–Trinajstić information content (AvgIpc) is 3.33. The predicted octanol–water partition coefficient (Wildman–Crippen LogP) is 13.2. The van der Waals surface area contributed by atoms with Gasteiger partial charge in [-0.05, 0) is 190 Å². The third-order valence-corrected chi connectivity index (χ3v) is 9.27. The standard InChI is InChI=1S/C50H48N6O6/c1-58-46-26-18-43(19-27-46)54-56-45-20-28-48(29-21-45)59-32-4-2-3-5-35-62-50(57)40-12-16-41(17-13-40)52-37-39-10-24-47(25-11-39)60-33-6-7-34-61-49-30-22-44(23-31-49)55-53-42-14-8-38(36-51)9-15-42/h8-31,37H,2-7,32-35H2,1H3. The number of benzene rings is 6. The number of nitrogens with zero attached hydrogens (tertiary/aromatic N) is 6. The van der Waals surface area contributed by atoms with Gasteiger partial charge in [-0.3, -0.25) is 4.99 Å². The number of carbonyl (C=O) groups excluding carboxylic acids is 1. The van der Waals surface area contributed by atoms with Crippen molar-refractivity contribution in [1.29, 1.82) is 5.26 Å². The second-order valence-electron chi connectivity index (χ2n) is 13.9. The van der Waals surface area contributed by atoms with E-state index >= 15 is 0 Å². The minimum atomic E-state index is -0.341. The molecule has 0 unspecified atom stereocenters. The Labute approximate surface area is 362 Å². The number of ether oxygens (including phenoxy) is 5. The zero-order valence-electron chi connectivity index (χ0n) is 34.6. The van der Waals surface area contributed by atoms with E-state index in [2.05, 4.69) is 31.5 Å². The lowest BCUT2D eigenvalue weighted by Gasteiger charge is -2.08. The molecule has 12 nitrogen and oxygen atoms in total. The number of unbranched alkanes of at least 4 members (excludes halogenated alkanes) is 4. The maximum atomic E-state index is 12.6. The van der Waals surface area contributed by atoms with Crippen molar-refractivity contribution in [3.8, 4) is 29.1 Å². The highest BCUT2D eigenvalue weighted by molar-refractivity contribution is 5.90. The number of methoxy groups -OCH3 is 1. The third-order valence-electron chi connectivity index (χ3n) is 9.27. The predicted molar refractivity (Wildman–Crippen MR) is 240 cm³/mol. The number of azo groups is 2. The number of hydrogen-bond donors (Lipinski definition) is 0. The SMILES string of the molecule is COc1ccc(N=Nc2ccc(OCCCCCCOC(=O)c3ccc(N=Cc4ccc(OCCCCOc5ccc(N=Nc6ccc(C#N)cc6)cc5)cc4)cc3)cc2)cc1. The molecule has 0 aliphatic rings. The van der Waals surface area contributed by atoms with Crippen molar-refractivity contribution in [2.75, 3.05) is 33.5 Å². The molecule has 0 fully saturated rings. The van der Waals surface area contributed by atoms with E-state index in [9.17, 15) is 4.79 Å². The fourth-order valence-electron chi connectivity index (χ4n) is 5.76. The Hall–Kier alpha value is -7.65. The first kappa shape index (κ1) is 43.9. The lowest BCUT2D eigenvalue weighted by Crippen LogP contribution is -2.06. The molecule has 0 saturated heterocycles. The normalized spacial score (nSPS) is 11.2. The molecule has 0 amide bonds. The molecule has 0 bridgehead atoms. The molecular formula is C50H48N6O6. The molecule has 12 heteroatoms. The molecule has 314 valence electrons. The Kier molecular flexibility index (Phi) is 17.3. The highest BCUT2D eigenvalue weighted by Gasteiger charge is 2.07. The zero-order chi connectivity index (χ0) is 43.0. The summed E-state index contributed by atoms with van der Waals surface area (Å²) in [5, 5.41) is 25.9. The number of carbonyl (C=O) groups is 1. The summed E-state index contributed by atoms with van der Waals surface area (Å²) in [7, 11) is 1.63. The molecule has 0 spiro atoms. The number of rotatable bonds is 23. The van der Waals surface area contributed by atoms with Crippen molar-refractivity contribution in [1.82, 2.24) is 0 Å². The number of esters is 1. The monoisotopic (exact) mass is 828 g/mol. The van der Waals surface area contributed by atoms with Gasteiger partial charge in [0.05, 0.1) is 79.2 Å². The summed E-state index contributed by atoms with van der Waals surface area (Å²) < 4.78 is 28.3. The molecular weight excluding hydrogens is 781 g/mol. The molecule has 6 aromatic carbocycles. The number of aliphatic imine (C=N–C) groups is 1. The van der Waals surface area contributed by atoms with Gasteiger partial charge in [0.25, 0.3) is 0 Å². The summed E-state index contributed by atoms with van der Waals surface area (Å²) in [5.74, 6) is 2.77. The van der Waals surface area contributed by atoms with Gasteiger partial charge in [-0.2, -0.15) is 25.7 Å². The molecule has 6 rings (SSSR count). The summed E-state index contributed by atoms with van der Waals surface area (Å²) in [5.41, 5.74) is 5.63. The fraction of sp³-hybridized carbons (Fsp3) is 0.220. The minimum absolute atomic E-state index is 0.341. The van der Waals surface area contributed by atoms with E-state index in [1.54, 1.807) is 61.9 Å².